The van der Waals surface area contributed by atoms with Crippen LogP contribution in [-0.4, -0.2) is 55.6 Å². The molecular formula is C25H31ClN2O3. The van der Waals surface area contributed by atoms with Gasteiger partial charge in [0.15, 0.2) is 5.78 Å². The highest BCUT2D eigenvalue weighted by Crippen LogP contribution is 2.35. The highest BCUT2D eigenvalue weighted by atomic mass is 35.5. The van der Waals surface area contributed by atoms with Gasteiger partial charge in [-0.05, 0) is 57.0 Å². The zero-order valence-electron chi connectivity index (χ0n) is 18.6. The van der Waals surface area contributed by atoms with E-state index in [4.69, 9.17) is 21.1 Å². The van der Waals surface area contributed by atoms with Crippen molar-refractivity contribution in [1.82, 2.24) is 4.90 Å². The molecule has 2 aliphatic heterocycles. The first-order valence-corrected chi connectivity index (χ1v) is 11.4. The van der Waals surface area contributed by atoms with Gasteiger partial charge >= 0.3 is 0 Å². The lowest BCUT2D eigenvalue weighted by molar-refractivity contribution is 0.0618. The molecule has 0 bridgehead atoms. The minimum absolute atomic E-state index is 0.129. The minimum atomic E-state index is -0.464. The van der Waals surface area contributed by atoms with Crippen molar-refractivity contribution in [3.63, 3.8) is 0 Å². The first kappa shape index (κ1) is 22.0. The van der Waals surface area contributed by atoms with Crippen molar-refractivity contribution < 1.29 is 14.3 Å². The molecule has 0 saturated carbocycles. The average molecular weight is 443 g/mol. The van der Waals surface area contributed by atoms with Crippen LogP contribution in [0, 0.1) is 6.92 Å². The molecule has 0 radical (unpaired) electrons. The Morgan fingerprint density at radius 1 is 1.10 bits per heavy atom. The molecule has 2 aromatic carbocycles. The molecule has 0 aromatic heterocycles. The van der Waals surface area contributed by atoms with Crippen LogP contribution in [-0.2, 0) is 0 Å². The van der Waals surface area contributed by atoms with E-state index in [9.17, 15) is 4.79 Å². The topological polar surface area (TPSA) is 42.0 Å². The van der Waals surface area contributed by atoms with Crippen LogP contribution in [0.5, 0.6) is 11.5 Å². The van der Waals surface area contributed by atoms with Crippen molar-refractivity contribution >= 4 is 23.1 Å². The van der Waals surface area contributed by atoms with Gasteiger partial charge in [-0.15, -0.1) is 0 Å². The van der Waals surface area contributed by atoms with Crippen molar-refractivity contribution in [3.8, 4) is 11.5 Å². The highest BCUT2D eigenvalue weighted by Gasteiger charge is 2.32. The van der Waals surface area contributed by atoms with Crippen LogP contribution < -0.4 is 14.4 Å². The van der Waals surface area contributed by atoms with E-state index in [-0.39, 0.29) is 5.78 Å². The molecule has 4 rings (SSSR count). The van der Waals surface area contributed by atoms with Gasteiger partial charge < -0.3 is 14.4 Å². The lowest BCUT2D eigenvalue weighted by Gasteiger charge is -2.36. The number of benzene rings is 2. The third kappa shape index (κ3) is 5.34. The summed E-state index contributed by atoms with van der Waals surface area (Å²) < 4.78 is 11.9. The van der Waals surface area contributed by atoms with E-state index in [1.807, 2.05) is 39.0 Å². The number of hydrogen-bond donors (Lipinski definition) is 0. The largest absolute Gasteiger partial charge is 0.493 e. The second kappa shape index (κ2) is 9.09. The van der Waals surface area contributed by atoms with E-state index < -0.39 is 5.60 Å². The van der Waals surface area contributed by atoms with Gasteiger partial charge in [0, 0.05) is 49.5 Å². The maximum Gasteiger partial charge on any atom is 0.170 e. The molecule has 2 aliphatic rings. The number of carbonyl (C=O) groups excluding carboxylic acids is 1. The van der Waals surface area contributed by atoms with Crippen LogP contribution in [0.3, 0.4) is 0 Å². The summed E-state index contributed by atoms with van der Waals surface area (Å²) in [6.45, 7) is 11.6. The standard InChI is InChI=1S/C25H31ClN2O3/c1-18-5-6-19(15-22(18)26)28-12-10-27(11-13-28)9-4-14-30-20-7-8-21-23(29)17-25(2,3)31-24(21)16-20/h5-8,15-16H,4,9-14,17H2,1-3H3. The average Bonchev–Trinajstić information content (AvgIpc) is 2.72. The van der Waals surface area contributed by atoms with Crippen LogP contribution in [0.1, 0.15) is 42.6 Å². The first-order chi connectivity index (χ1) is 14.8. The molecule has 0 N–H and O–H groups in total. The summed E-state index contributed by atoms with van der Waals surface area (Å²) in [5.74, 6) is 1.52. The highest BCUT2D eigenvalue weighted by molar-refractivity contribution is 6.31. The Morgan fingerprint density at radius 3 is 2.61 bits per heavy atom. The molecule has 6 heteroatoms. The molecule has 5 nitrogen and oxygen atoms in total. The zero-order valence-corrected chi connectivity index (χ0v) is 19.4. The molecule has 0 spiro atoms. The smallest absolute Gasteiger partial charge is 0.170 e. The lowest BCUT2D eigenvalue weighted by Crippen LogP contribution is -2.46. The number of hydrogen-bond acceptors (Lipinski definition) is 5. The maximum atomic E-state index is 12.3. The number of anilines is 1. The summed E-state index contributed by atoms with van der Waals surface area (Å²) in [5.41, 5.74) is 2.51. The number of nitrogens with zero attached hydrogens (tertiary/aromatic N) is 2. The molecule has 0 unspecified atom stereocenters. The number of rotatable bonds is 6. The quantitative estimate of drug-likeness (QED) is 0.590. The zero-order chi connectivity index (χ0) is 22.0. The van der Waals surface area contributed by atoms with Gasteiger partial charge in [0.05, 0.1) is 18.6 Å². The summed E-state index contributed by atoms with van der Waals surface area (Å²) in [6, 6.07) is 11.8. The van der Waals surface area contributed by atoms with Gasteiger partial charge in [-0.2, -0.15) is 0 Å². The van der Waals surface area contributed by atoms with Crippen LogP contribution in [0.25, 0.3) is 0 Å². The first-order valence-electron chi connectivity index (χ1n) is 11.0. The fourth-order valence-corrected chi connectivity index (χ4v) is 4.38. The fourth-order valence-electron chi connectivity index (χ4n) is 4.21. The normalized spacial score (nSPS) is 18.5. The number of ketones is 1. The number of carbonyl (C=O) groups is 1. The Kier molecular flexibility index (Phi) is 6.44. The molecule has 0 aliphatic carbocycles. The van der Waals surface area contributed by atoms with Gasteiger partial charge in [0.25, 0.3) is 0 Å². The van der Waals surface area contributed by atoms with Crippen molar-refractivity contribution in [1.29, 1.82) is 0 Å². The Morgan fingerprint density at radius 2 is 1.87 bits per heavy atom. The van der Waals surface area contributed by atoms with E-state index in [1.54, 1.807) is 0 Å². The molecule has 0 atom stereocenters. The Labute approximate surface area is 189 Å². The predicted molar refractivity (Wildman–Crippen MR) is 125 cm³/mol. The third-order valence-electron chi connectivity index (χ3n) is 6.01. The van der Waals surface area contributed by atoms with Crippen LogP contribution in [0.15, 0.2) is 36.4 Å². The summed E-state index contributed by atoms with van der Waals surface area (Å²) in [5, 5.41) is 0.831. The SMILES string of the molecule is Cc1ccc(N2CCN(CCCOc3ccc4c(c3)OC(C)(C)CC4=O)CC2)cc1Cl. The number of halogens is 1. The second-order valence-corrected chi connectivity index (χ2v) is 9.49. The van der Waals surface area contributed by atoms with E-state index >= 15 is 0 Å². The molecule has 2 heterocycles. The van der Waals surface area contributed by atoms with Gasteiger partial charge in [-0.1, -0.05) is 17.7 Å². The molecule has 2 aromatic rings. The van der Waals surface area contributed by atoms with Crippen molar-refractivity contribution in [3.05, 3.63) is 52.5 Å². The maximum absolute atomic E-state index is 12.3. The van der Waals surface area contributed by atoms with Crippen molar-refractivity contribution in [2.45, 2.75) is 39.2 Å². The van der Waals surface area contributed by atoms with E-state index in [0.29, 0.717) is 24.3 Å². The summed E-state index contributed by atoms with van der Waals surface area (Å²) >= 11 is 6.28. The molecule has 1 fully saturated rings. The fraction of sp³-hybridized carbons (Fsp3) is 0.480. The van der Waals surface area contributed by atoms with Crippen LogP contribution in [0.4, 0.5) is 5.69 Å². The second-order valence-electron chi connectivity index (χ2n) is 9.08. The monoisotopic (exact) mass is 442 g/mol. The van der Waals surface area contributed by atoms with Gasteiger partial charge in [-0.3, -0.25) is 9.69 Å². The molecule has 1 saturated heterocycles. The minimum Gasteiger partial charge on any atom is -0.493 e. The Bertz CT molecular complexity index is 952. The van der Waals surface area contributed by atoms with E-state index in [0.717, 1.165) is 55.5 Å². The summed E-state index contributed by atoms with van der Waals surface area (Å²) in [6.07, 6.45) is 1.36. The number of ether oxygens (including phenoxy) is 2. The van der Waals surface area contributed by atoms with Crippen LogP contribution in [0.2, 0.25) is 5.02 Å². The molecular weight excluding hydrogens is 412 g/mol. The van der Waals surface area contributed by atoms with Gasteiger partial charge in [0.2, 0.25) is 0 Å². The number of piperazine rings is 1. The summed E-state index contributed by atoms with van der Waals surface area (Å²) in [4.78, 5) is 17.1. The molecule has 0 amide bonds. The molecule has 31 heavy (non-hydrogen) atoms. The number of aryl methyl sites for hydroxylation is 1. The van der Waals surface area contributed by atoms with Gasteiger partial charge in [0.1, 0.15) is 17.1 Å². The van der Waals surface area contributed by atoms with Crippen molar-refractivity contribution in [2.75, 3.05) is 44.2 Å². The number of fused-ring (bicyclic) bond motifs is 1. The Balaban J connectivity index is 1.21. The lowest BCUT2D eigenvalue weighted by atomic mass is 9.93. The molecule has 166 valence electrons. The third-order valence-corrected chi connectivity index (χ3v) is 6.41. The Hall–Kier alpha value is -2.24. The van der Waals surface area contributed by atoms with Crippen LogP contribution >= 0.6 is 11.6 Å². The van der Waals surface area contributed by atoms with Crippen molar-refractivity contribution in [2.24, 2.45) is 0 Å². The number of Topliss-reactive ketones (excluding diaryl/α,β-unsaturated/α-hetero) is 1. The van der Waals surface area contributed by atoms with Gasteiger partial charge in [-0.25, -0.2) is 0 Å². The predicted octanol–water partition coefficient (Wildman–Crippen LogP) is 4.98. The summed E-state index contributed by atoms with van der Waals surface area (Å²) in [7, 11) is 0. The van der Waals surface area contributed by atoms with E-state index in [2.05, 4.69) is 28.0 Å². The van der Waals surface area contributed by atoms with E-state index in [1.165, 1.54) is 5.69 Å².